The highest BCUT2D eigenvalue weighted by atomic mass is 35.5. The first-order chi connectivity index (χ1) is 17.6. The predicted octanol–water partition coefficient (Wildman–Crippen LogP) is 1.73. The van der Waals surface area contributed by atoms with Gasteiger partial charge in [-0.2, -0.15) is 0 Å². The quantitative estimate of drug-likeness (QED) is 0.290. The number of aromatic nitrogens is 6. The summed E-state index contributed by atoms with van der Waals surface area (Å²) < 4.78 is 7.42. The standard InChI is InChI=1S/C18H19ClN8O2.2CH2O3/c19-18-23-12-16(26-3-5-29-6-4-26)24-14(11-7-21-15(13(20)28)22-8-11)25-17(12)27(18)9-10-1-2-10;2*2-1(3)4/h7-8,10H,1-6,9H2,(H2,20,28);2*(H2,2,3,4). The Kier molecular flexibility index (Phi) is 8.91. The van der Waals surface area contributed by atoms with E-state index in [1.807, 2.05) is 4.57 Å². The van der Waals surface area contributed by atoms with Crippen molar-refractivity contribution in [3.05, 3.63) is 23.5 Å². The molecule has 3 aromatic rings. The zero-order chi connectivity index (χ0) is 27.1. The van der Waals surface area contributed by atoms with E-state index >= 15 is 0 Å². The summed E-state index contributed by atoms with van der Waals surface area (Å²) in [7, 11) is 0. The van der Waals surface area contributed by atoms with Crippen LogP contribution in [0.5, 0.6) is 0 Å². The molecule has 2 aliphatic rings. The number of morpholine rings is 1. The van der Waals surface area contributed by atoms with Crippen LogP contribution in [0.2, 0.25) is 5.28 Å². The summed E-state index contributed by atoms with van der Waals surface area (Å²) >= 11 is 6.47. The van der Waals surface area contributed by atoms with Crippen LogP contribution < -0.4 is 10.6 Å². The van der Waals surface area contributed by atoms with Crippen LogP contribution in [0.25, 0.3) is 22.6 Å². The van der Waals surface area contributed by atoms with E-state index in [9.17, 15) is 4.79 Å². The second-order valence-electron chi connectivity index (χ2n) is 7.80. The first-order valence-corrected chi connectivity index (χ1v) is 11.2. The molecule has 3 aromatic heterocycles. The molecular formula is C20H23ClN8O8. The highest BCUT2D eigenvalue weighted by molar-refractivity contribution is 6.29. The third-order valence-corrected chi connectivity index (χ3v) is 5.40. The van der Waals surface area contributed by atoms with Crippen molar-refractivity contribution in [3.8, 4) is 11.4 Å². The number of imidazole rings is 1. The second kappa shape index (κ2) is 12.1. The second-order valence-corrected chi connectivity index (χ2v) is 8.14. The van der Waals surface area contributed by atoms with Gasteiger partial charge in [0.25, 0.3) is 5.91 Å². The maximum atomic E-state index is 11.3. The van der Waals surface area contributed by atoms with Crippen LogP contribution in [0.3, 0.4) is 0 Å². The van der Waals surface area contributed by atoms with Gasteiger partial charge in [0.2, 0.25) is 11.1 Å². The molecule has 0 atom stereocenters. The average Bonchev–Trinajstić information content (AvgIpc) is 3.61. The van der Waals surface area contributed by atoms with E-state index in [-0.39, 0.29) is 5.82 Å². The van der Waals surface area contributed by atoms with E-state index in [1.54, 1.807) is 0 Å². The third kappa shape index (κ3) is 7.58. The number of amides is 1. The Morgan fingerprint density at radius 1 is 1.00 bits per heavy atom. The fourth-order valence-electron chi connectivity index (χ4n) is 3.38. The molecule has 6 N–H and O–H groups in total. The number of carboxylic acid groups (broad SMARTS) is 4. The fraction of sp³-hybridized carbons (Fsp3) is 0.400. The van der Waals surface area contributed by atoms with Gasteiger partial charge in [-0.3, -0.25) is 9.36 Å². The lowest BCUT2D eigenvalue weighted by Gasteiger charge is -2.28. The van der Waals surface area contributed by atoms with E-state index in [0.29, 0.717) is 65.9 Å². The van der Waals surface area contributed by atoms with Crippen molar-refractivity contribution >= 4 is 46.8 Å². The summed E-state index contributed by atoms with van der Waals surface area (Å²) in [5, 5.41) is 28.3. The summed E-state index contributed by atoms with van der Waals surface area (Å²) in [5.41, 5.74) is 7.18. The Morgan fingerprint density at radius 2 is 1.57 bits per heavy atom. The van der Waals surface area contributed by atoms with Gasteiger partial charge in [0, 0.05) is 32.0 Å². The Balaban J connectivity index is 0.000000420. The maximum Gasteiger partial charge on any atom is 0.503 e. The predicted molar refractivity (Wildman–Crippen MR) is 127 cm³/mol. The van der Waals surface area contributed by atoms with E-state index in [2.05, 4.69) is 19.9 Å². The van der Waals surface area contributed by atoms with Crippen molar-refractivity contribution in [1.82, 2.24) is 29.5 Å². The van der Waals surface area contributed by atoms with Crippen molar-refractivity contribution in [1.29, 1.82) is 0 Å². The molecule has 198 valence electrons. The van der Waals surface area contributed by atoms with E-state index in [1.165, 1.54) is 25.2 Å². The summed E-state index contributed by atoms with van der Waals surface area (Å²) in [6.45, 7) is 3.43. The molecule has 2 fully saturated rings. The number of nitrogens with zero attached hydrogens (tertiary/aromatic N) is 7. The first-order valence-electron chi connectivity index (χ1n) is 10.8. The van der Waals surface area contributed by atoms with Gasteiger partial charge in [-0.1, -0.05) is 0 Å². The first kappa shape index (κ1) is 27.3. The number of carbonyl (C=O) groups excluding carboxylic acids is 1. The van der Waals surface area contributed by atoms with Gasteiger partial charge in [-0.05, 0) is 30.4 Å². The molecule has 0 spiro atoms. The number of rotatable bonds is 5. The van der Waals surface area contributed by atoms with Crippen LogP contribution in [-0.2, 0) is 11.3 Å². The number of fused-ring (bicyclic) bond motifs is 1. The SMILES string of the molecule is NC(=O)c1ncc(-c2nc(N3CCOCC3)c3nc(Cl)n(CC4CC4)c3n2)cn1.O=C(O)O.O=C(O)O. The molecule has 1 amide bonds. The largest absolute Gasteiger partial charge is 0.503 e. The third-order valence-electron chi connectivity index (χ3n) is 5.11. The maximum absolute atomic E-state index is 11.3. The molecule has 1 saturated heterocycles. The molecule has 0 radical (unpaired) electrons. The van der Waals surface area contributed by atoms with Gasteiger partial charge in [0.15, 0.2) is 22.8 Å². The lowest BCUT2D eigenvalue weighted by atomic mass is 10.3. The summed E-state index contributed by atoms with van der Waals surface area (Å²) in [5.74, 6) is 1.03. The number of ether oxygens (including phenoxy) is 1. The number of hydrogen-bond donors (Lipinski definition) is 5. The summed E-state index contributed by atoms with van der Waals surface area (Å²) in [6.07, 6.45) is 1.71. The monoisotopic (exact) mass is 538 g/mol. The zero-order valence-electron chi connectivity index (χ0n) is 19.2. The minimum atomic E-state index is -1.83. The fourth-order valence-corrected chi connectivity index (χ4v) is 3.61. The smallest absolute Gasteiger partial charge is 0.450 e. The summed E-state index contributed by atoms with van der Waals surface area (Å²) in [4.78, 5) is 52.6. The van der Waals surface area contributed by atoms with Gasteiger partial charge in [0.1, 0.15) is 0 Å². The highest BCUT2D eigenvalue weighted by Gasteiger charge is 2.27. The zero-order valence-corrected chi connectivity index (χ0v) is 19.9. The molecule has 0 aromatic carbocycles. The van der Waals surface area contributed by atoms with Gasteiger partial charge < -0.3 is 35.8 Å². The van der Waals surface area contributed by atoms with Crippen molar-refractivity contribution in [2.24, 2.45) is 11.7 Å². The van der Waals surface area contributed by atoms with Crippen LogP contribution >= 0.6 is 11.6 Å². The molecule has 4 heterocycles. The highest BCUT2D eigenvalue weighted by Crippen LogP contribution is 2.35. The lowest BCUT2D eigenvalue weighted by Crippen LogP contribution is -2.37. The Morgan fingerprint density at radius 3 is 2.08 bits per heavy atom. The number of primary amides is 1. The number of carbonyl (C=O) groups is 3. The van der Waals surface area contributed by atoms with Crippen molar-refractivity contribution in [2.75, 3.05) is 31.2 Å². The number of anilines is 1. The molecule has 1 saturated carbocycles. The molecular weight excluding hydrogens is 516 g/mol. The normalized spacial score (nSPS) is 14.7. The van der Waals surface area contributed by atoms with Crippen LogP contribution in [0.15, 0.2) is 12.4 Å². The minimum absolute atomic E-state index is 0.0509. The van der Waals surface area contributed by atoms with Crippen molar-refractivity contribution < 1.29 is 39.5 Å². The molecule has 5 rings (SSSR count). The molecule has 37 heavy (non-hydrogen) atoms. The van der Waals surface area contributed by atoms with E-state index in [4.69, 9.17) is 62.1 Å². The molecule has 1 aliphatic heterocycles. The molecule has 17 heteroatoms. The Labute approximate surface area is 213 Å². The number of nitrogens with two attached hydrogens (primary N) is 1. The lowest BCUT2D eigenvalue weighted by molar-refractivity contribution is 0.0989. The van der Waals surface area contributed by atoms with Crippen LogP contribution in [-0.4, -0.2) is 94.4 Å². The van der Waals surface area contributed by atoms with Gasteiger partial charge >= 0.3 is 12.3 Å². The van der Waals surface area contributed by atoms with Crippen LogP contribution in [0.4, 0.5) is 15.4 Å². The molecule has 16 nitrogen and oxygen atoms in total. The van der Waals surface area contributed by atoms with Crippen molar-refractivity contribution in [3.63, 3.8) is 0 Å². The van der Waals surface area contributed by atoms with Crippen LogP contribution in [0.1, 0.15) is 23.5 Å². The van der Waals surface area contributed by atoms with Gasteiger partial charge in [0.05, 0.1) is 18.8 Å². The van der Waals surface area contributed by atoms with Crippen LogP contribution in [0, 0.1) is 5.92 Å². The Bertz CT molecular complexity index is 1260. The van der Waals surface area contributed by atoms with E-state index < -0.39 is 18.2 Å². The molecule has 1 aliphatic carbocycles. The van der Waals surface area contributed by atoms with Gasteiger partial charge in [-0.25, -0.2) is 34.5 Å². The average molecular weight is 539 g/mol. The van der Waals surface area contributed by atoms with Crippen molar-refractivity contribution in [2.45, 2.75) is 19.4 Å². The number of hydrogen-bond acceptors (Lipinski definition) is 10. The van der Waals surface area contributed by atoms with E-state index in [0.717, 1.165) is 6.54 Å². The topological polar surface area (TPSA) is 240 Å². The summed E-state index contributed by atoms with van der Waals surface area (Å²) in [6, 6.07) is 0. The Hall–Kier alpha value is -4.31. The molecule has 0 bridgehead atoms. The molecule has 0 unspecified atom stereocenters. The minimum Gasteiger partial charge on any atom is -0.450 e. The number of halogens is 1. The van der Waals surface area contributed by atoms with Gasteiger partial charge in [-0.15, -0.1) is 0 Å².